The highest BCUT2D eigenvalue weighted by atomic mass is 35.5. The lowest BCUT2D eigenvalue weighted by Gasteiger charge is -2.33. The summed E-state index contributed by atoms with van der Waals surface area (Å²) in [4.78, 5) is 48.7. The number of pyridine rings is 2. The van der Waals surface area contributed by atoms with Crippen LogP contribution in [0.2, 0.25) is 5.02 Å². The van der Waals surface area contributed by atoms with E-state index in [4.69, 9.17) is 21.1 Å². The molecule has 11 nitrogen and oxygen atoms in total. The first-order chi connectivity index (χ1) is 23.1. The van der Waals surface area contributed by atoms with Gasteiger partial charge < -0.3 is 25.2 Å². The van der Waals surface area contributed by atoms with Gasteiger partial charge in [-0.1, -0.05) is 48.4 Å². The Morgan fingerprint density at radius 1 is 0.917 bits per heavy atom. The molecular formula is C36H38ClN5O6. The number of anilines is 2. The van der Waals surface area contributed by atoms with Crippen LogP contribution in [0.5, 0.6) is 0 Å². The lowest BCUT2D eigenvalue weighted by atomic mass is 9.98. The molecular weight excluding hydrogens is 634 g/mol. The maximum Gasteiger partial charge on any atom is 0.320 e. The van der Waals surface area contributed by atoms with E-state index in [-0.39, 0.29) is 17.3 Å². The molecule has 0 radical (unpaired) electrons. The molecule has 12 heteroatoms. The molecule has 0 bridgehead atoms. The minimum atomic E-state index is -0.811. The quantitative estimate of drug-likeness (QED) is 0.149. The average Bonchev–Trinajstić information content (AvgIpc) is 3.08. The summed E-state index contributed by atoms with van der Waals surface area (Å²) in [6, 6.07) is 15.3. The Morgan fingerprint density at radius 2 is 1.58 bits per heavy atom. The first-order valence-corrected chi connectivity index (χ1v) is 15.9. The molecule has 1 aliphatic rings. The summed E-state index contributed by atoms with van der Waals surface area (Å²) in [5.41, 5.74) is 6.07. The summed E-state index contributed by atoms with van der Waals surface area (Å²) in [5.74, 6) is -1.62. The number of hydrogen-bond acceptors (Lipinski definition) is 8. The van der Waals surface area contributed by atoms with Gasteiger partial charge in [-0.05, 0) is 79.8 Å². The summed E-state index contributed by atoms with van der Waals surface area (Å²) in [6.07, 6.45) is 5.07. The molecule has 4 aromatic rings. The zero-order chi connectivity index (χ0) is 34.4. The van der Waals surface area contributed by atoms with Crippen molar-refractivity contribution in [3.63, 3.8) is 0 Å². The summed E-state index contributed by atoms with van der Waals surface area (Å²) in [7, 11) is 3.04. The molecule has 48 heavy (non-hydrogen) atoms. The van der Waals surface area contributed by atoms with Gasteiger partial charge in [0.2, 0.25) is 0 Å². The largest absolute Gasteiger partial charge is 0.480 e. The molecule has 0 unspecified atom stereocenters. The highest BCUT2D eigenvalue weighted by Crippen LogP contribution is 2.37. The van der Waals surface area contributed by atoms with Crippen molar-refractivity contribution in [2.45, 2.75) is 52.0 Å². The van der Waals surface area contributed by atoms with Crippen molar-refractivity contribution in [1.29, 1.82) is 0 Å². The number of piperidine rings is 1. The lowest BCUT2D eigenvalue weighted by Crippen LogP contribution is -2.44. The Balaban J connectivity index is 1.30. The van der Waals surface area contributed by atoms with Gasteiger partial charge in [0, 0.05) is 50.0 Å². The van der Waals surface area contributed by atoms with Gasteiger partial charge in [0.1, 0.15) is 17.4 Å². The van der Waals surface area contributed by atoms with E-state index in [9.17, 15) is 19.5 Å². The van der Waals surface area contributed by atoms with Crippen LogP contribution in [0, 0.1) is 13.8 Å². The highest BCUT2D eigenvalue weighted by Gasteiger charge is 2.29. The summed E-state index contributed by atoms with van der Waals surface area (Å²) in [6.45, 7) is 4.95. The lowest BCUT2D eigenvalue weighted by molar-refractivity contribution is -0.144. The minimum Gasteiger partial charge on any atom is -0.480 e. The third-order valence-electron chi connectivity index (χ3n) is 8.56. The molecule has 0 aliphatic carbocycles. The number of halogens is 1. The molecule has 2 amide bonds. The molecule has 2 aromatic heterocycles. The van der Waals surface area contributed by atoms with Crippen LogP contribution in [0.1, 0.15) is 68.8 Å². The van der Waals surface area contributed by atoms with Crippen LogP contribution in [-0.4, -0.2) is 64.6 Å². The summed E-state index contributed by atoms with van der Waals surface area (Å²) >= 11 is 6.83. The van der Waals surface area contributed by atoms with Crippen molar-refractivity contribution in [2.75, 3.05) is 31.4 Å². The standard InChI is InChI=1S/C36H38ClN5O6/c1-21-17-30(39-19-24(21)20-42-16-6-5-13-31(42)35(45)46)34(44)40-27-11-7-9-25(22(27)2)26-10-8-12-28(32(26)37)41-33(43)29-15-14-23(18-38-29)36(47-3)48-4/h7-12,14-15,17-19,31,36H,5-6,13,16,20H2,1-4H3,(H,40,44)(H,41,43)(H,45,46)/t31-/m0/s1. The molecule has 1 fully saturated rings. The zero-order valence-electron chi connectivity index (χ0n) is 27.2. The van der Waals surface area contributed by atoms with Crippen molar-refractivity contribution in [2.24, 2.45) is 0 Å². The van der Waals surface area contributed by atoms with Crippen molar-refractivity contribution in [3.05, 3.63) is 106 Å². The van der Waals surface area contributed by atoms with Gasteiger partial charge >= 0.3 is 5.97 Å². The third kappa shape index (κ3) is 7.71. The van der Waals surface area contributed by atoms with Gasteiger partial charge in [-0.25, -0.2) is 0 Å². The third-order valence-corrected chi connectivity index (χ3v) is 8.97. The second-order valence-electron chi connectivity index (χ2n) is 11.6. The molecule has 3 N–H and O–H groups in total. The molecule has 250 valence electrons. The molecule has 0 saturated carbocycles. The van der Waals surface area contributed by atoms with E-state index in [0.29, 0.717) is 47.0 Å². The van der Waals surface area contributed by atoms with Gasteiger partial charge in [-0.15, -0.1) is 0 Å². The Bertz CT molecular complexity index is 1810. The predicted octanol–water partition coefficient (Wildman–Crippen LogP) is 6.65. The van der Waals surface area contributed by atoms with Crippen molar-refractivity contribution in [3.8, 4) is 11.1 Å². The van der Waals surface area contributed by atoms with Crippen LogP contribution in [-0.2, 0) is 20.8 Å². The number of aromatic nitrogens is 2. The van der Waals surface area contributed by atoms with Gasteiger partial charge in [0.15, 0.2) is 6.29 Å². The molecule has 5 rings (SSSR count). The minimum absolute atomic E-state index is 0.194. The van der Waals surface area contributed by atoms with E-state index in [1.165, 1.54) is 20.4 Å². The Hall–Kier alpha value is -4.68. The molecule has 1 atom stereocenters. The zero-order valence-corrected chi connectivity index (χ0v) is 28.0. The Kier molecular flexibility index (Phi) is 11.2. The number of benzene rings is 2. The number of methoxy groups -OCH3 is 2. The molecule has 1 aliphatic heterocycles. The highest BCUT2D eigenvalue weighted by molar-refractivity contribution is 6.36. The maximum absolute atomic E-state index is 13.3. The predicted molar refractivity (Wildman–Crippen MR) is 183 cm³/mol. The van der Waals surface area contributed by atoms with Crippen LogP contribution in [0.3, 0.4) is 0 Å². The topological polar surface area (TPSA) is 143 Å². The molecule has 0 spiro atoms. The Labute approximate surface area is 284 Å². The van der Waals surface area contributed by atoms with E-state index in [2.05, 4.69) is 20.6 Å². The van der Waals surface area contributed by atoms with Crippen LogP contribution < -0.4 is 10.6 Å². The SMILES string of the molecule is COC(OC)c1ccc(C(=O)Nc2cccc(-c3cccc(NC(=O)c4cc(C)c(CN5CCCC[C@H]5C(=O)O)cn4)c3C)c2Cl)nc1. The van der Waals surface area contributed by atoms with E-state index < -0.39 is 24.2 Å². The van der Waals surface area contributed by atoms with Crippen molar-refractivity contribution in [1.82, 2.24) is 14.9 Å². The summed E-state index contributed by atoms with van der Waals surface area (Å²) < 4.78 is 10.5. The van der Waals surface area contributed by atoms with Gasteiger partial charge in [0.05, 0.1) is 10.7 Å². The number of carboxylic acids is 1. The molecule has 2 aromatic carbocycles. The fraction of sp³-hybridized carbons (Fsp3) is 0.306. The smallest absolute Gasteiger partial charge is 0.320 e. The van der Waals surface area contributed by atoms with Crippen LogP contribution in [0.25, 0.3) is 11.1 Å². The molecule has 3 heterocycles. The normalized spacial score (nSPS) is 14.9. The number of likely N-dealkylation sites (tertiary alicyclic amines) is 1. The fourth-order valence-corrected chi connectivity index (χ4v) is 6.15. The van der Waals surface area contributed by atoms with Crippen LogP contribution >= 0.6 is 11.6 Å². The van der Waals surface area contributed by atoms with Crippen molar-refractivity contribution < 1.29 is 29.0 Å². The van der Waals surface area contributed by atoms with Crippen LogP contribution in [0.4, 0.5) is 11.4 Å². The number of aliphatic carboxylic acids is 1. The van der Waals surface area contributed by atoms with E-state index in [0.717, 1.165) is 35.1 Å². The number of rotatable bonds is 11. The second kappa shape index (κ2) is 15.5. The number of nitrogens with zero attached hydrogens (tertiary/aromatic N) is 3. The van der Waals surface area contributed by atoms with E-state index in [1.54, 1.807) is 42.6 Å². The molecule has 1 saturated heterocycles. The monoisotopic (exact) mass is 671 g/mol. The van der Waals surface area contributed by atoms with Crippen molar-refractivity contribution >= 4 is 40.8 Å². The van der Waals surface area contributed by atoms with Crippen LogP contribution in [0.15, 0.2) is 67.0 Å². The number of carboxylic acid groups (broad SMARTS) is 1. The number of amides is 2. The van der Waals surface area contributed by atoms with E-state index in [1.807, 2.05) is 36.9 Å². The van der Waals surface area contributed by atoms with E-state index >= 15 is 0 Å². The van der Waals surface area contributed by atoms with Gasteiger partial charge in [-0.2, -0.15) is 0 Å². The number of hydrogen-bond donors (Lipinski definition) is 3. The number of carbonyl (C=O) groups is 3. The number of carbonyl (C=O) groups excluding carboxylic acids is 2. The Morgan fingerprint density at radius 3 is 2.25 bits per heavy atom. The van der Waals surface area contributed by atoms with Gasteiger partial charge in [-0.3, -0.25) is 29.3 Å². The first kappa shape index (κ1) is 34.6. The maximum atomic E-state index is 13.3. The second-order valence-corrected chi connectivity index (χ2v) is 12.0. The summed E-state index contributed by atoms with van der Waals surface area (Å²) in [5, 5.41) is 15.8. The number of aryl methyl sites for hydroxylation is 1. The average molecular weight is 672 g/mol. The van der Waals surface area contributed by atoms with Gasteiger partial charge in [0.25, 0.3) is 11.8 Å². The fourth-order valence-electron chi connectivity index (χ4n) is 5.87. The number of nitrogens with one attached hydrogen (secondary N) is 2. The number of ether oxygens (including phenoxy) is 2. The first-order valence-electron chi connectivity index (χ1n) is 15.6.